The zero-order valence-corrected chi connectivity index (χ0v) is 13.5. The third kappa shape index (κ3) is 4.34. The van der Waals surface area contributed by atoms with Gasteiger partial charge in [-0.05, 0) is 72.2 Å². The third-order valence-electron chi connectivity index (χ3n) is 3.52. The molecule has 4 heteroatoms. The molecule has 1 saturated heterocycles. The van der Waals surface area contributed by atoms with Crippen LogP contribution >= 0.6 is 27.3 Å². The number of thiophene rings is 1. The van der Waals surface area contributed by atoms with Crippen molar-refractivity contribution >= 4 is 27.3 Å². The van der Waals surface area contributed by atoms with Crippen molar-refractivity contribution in [3.63, 3.8) is 0 Å². The first kappa shape index (κ1) is 14.5. The lowest BCUT2D eigenvalue weighted by Crippen LogP contribution is -2.39. The fourth-order valence-electron chi connectivity index (χ4n) is 2.59. The summed E-state index contributed by atoms with van der Waals surface area (Å²) in [4.78, 5) is 4.08. The van der Waals surface area contributed by atoms with Crippen LogP contribution in [-0.4, -0.2) is 31.1 Å². The molecule has 2 nitrogen and oxygen atoms in total. The second-order valence-corrected chi connectivity index (χ2v) is 6.99. The average molecular weight is 331 g/mol. The SMILES string of the molecule is CCCNCC1CCCN(Cc2sccc2Br)C1. The molecule has 2 heterocycles. The zero-order valence-electron chi connectivity index (χ0n) is 11.1. The van der Waals surface area contributed by atoms with Crippen molar-refractivity contribution in [3.8, 4) is 0 Å². The Labute approximate surface area is 123 Å². The van der Waals surface area contributed by atoms with E-state index in [1.807, 2.05) is 11.3 Å². The Hall–Kier alpha value is 0.100. The summed E-state index contributed by atoms with van der Waals surface area (Å²) in [5.74, 6) is 0.837. The first-order valence-corrected chi connectivity index (χ1v) is 8.61. The van der Waals surface area contributed by atoms with Gasteiger partial charge in [0.1, 0.15) is 0 Å². The molecule has 18 heavy (non-hydrogen) atoms. The summed E-state index contributed by atoms with van der Waals surface area (Å²) in [6.07, 6.45) is 3.97. The first-order valence-electron chi connectivity index (χ1n) is 6.94. The molecule has 1 aromatic rings. The van der Waals surface area contributed by atoms with Crippen molar-refractivity contribution in [1.82, 2.24) is 10.2 Å². The minimum Gasteiger partial charge on any atom is -0.316 e. The quantitative estimate of drug-likeness (QED) is 0.799. The molecule has 0 radical (unpaired) electrons. The Morgan fingerprint density at radius 1 is 1.56 bits per heavy atom. The molecule has 0 saturated carbocycles. The van der Waals surface area contributed by atoms with E-state index in [-0.39, 0.29) is 0 Å². The Balaban J connectivity index is 1.78. The summed E-state index contributed by atoms with van der Waals surface area (Å²) in [6, 6.07) is 2.16. The van der Waals surface area contributed by atoms with E-state index < -0.39 is 0 Å². The number of hydrogen-bond acceptors (Lipinski definition) is 3. The van der Waals surface area contributed by atoms with Crippen LogP contribution in [0.5, 0.6) is 0 Å². The maximum absolute atomic E-state index is 3.63. The van der Waals surface area contributed by atoms with Crippen LogP contribution in [0.3, 0.4) is 0 Å². The predicted octanol–water partition coefficient (Wildman–Crippen LogP) is 3.72. The summed E-state index contributed by atoms with van der Waals surface area (Å²) in [5, 5.41) is 5.73. The number of likely N-dealkylation sites (tertiary alicyclic amines) is 1. The van der Waals surface area contributed by atoms with E-state index in [0.717, 1.165) is 19.0 Å². The Morgan fingerprint density at radius 3 is 3.17 bits per heavy atom. The van der Waals surface area contributed by atoms with E-state index >= 15 is 0 Å². The van der Waals surface area contributed by atoms with Crippen LogP contribution in [0.25, 0.3) is 0 Å². The maximum Gasteiger partial charge on any atom is 0.0339 e. The number of rotatable bonds is 6. The van der Waals surface area contributed by atoms with Crippen LogP contribution in [0.4, 0.5) is 0 Å². The summed E-state index contributed by atoms with van der Waals surface area (Å²) in [6.45, 7) is 8.20. The molecule has 0 aromatic carbocycles. The average Bonchev–Trinajstić information content (AvgIpc) is 2.76. The maximum atomic E-state index is 3.63. The molecule has 0 aliphatic carbocycles. The highest BCUT2D eigenvalue weighted by Crippen LogP contribution is 2.26. The van der Waals surface area contributed by atoms with Gasteiger partial charge in [0.15, 0.2) is 0 Å². The summed E-state index contributed by atoms with van der Waals surface area (Å²) in [7, 11) is 0. The number of piperidine rings is 1. The van der Waals surface area contributed by atoms with Crippen LogP contribution in [0, 0.1) is 5.92 Å². The predicted molar refractivity (Wildman–Crippen MR) is 83.2 cm³/mol. The number of nitrogens with zero attached hydrogens (tertiary/aromatic N) is 1. The van der Waals surface area contributed by atoms with Crippen molar-refractivity contribution in [3.05, 3.63) is 20.8 Å². The highest BCUT2D eigenvalue weighted by molar-refractivity contribution is 9.10. The van der Waals surface area contributed by atoms with Crippen molar-refractivity contribution in [1.29, 1.82) is 0 Å². The molecule has 0 spiro atoms. The Bertz CT molecular complexity index is 353. The molecule has 2 rings (SSSR count). The van der Waals surface area contributed by atoms with E-state index in [0.29, 0.717) is 0 Å². The van der Waals surface area contributed by atoms with Gasteiger partial charge in [-0.1, -0.05) is 6.92 Å². The van der Waals surface area contributed by atoms with Crippen LogP contribution in [-0.2, 0) is 6.54 Å². The molecule has 1 atom stereocenters. The van der Waals surface area contributed by atoms with Crippen LogP contribution < -0.4 is 5.32 Å². The van der Waals surface area contributed by atoms with E-state index in [1.54, 1.807) is 0 Å². The molecule has 1 aliphatic rings. The van der Waals surface area contributed by atoms with Crippen molar-refractivity contribution in [2.75, 3.05) is 26.2 Å². The molecule has 1 aromatic heterocycles. The van der Waals surface area contributed by atoms with E-state index in [1.165, 1.54) is 48.2 Å². The Morgan fingerprint density at radius 2 is 2.44 bits per heavy atom. The lowest BCUT2D eigenvalue weighted by atomic mass is 9.98. The third-order valence-corrected chi connectivity index (χ3v) is 5.43. The topological polar surface area (TPSA) is 15.3 Å². The highest BCUT2D eigenvalue weighted by atomic mass is 79.9. The standard InChI is InChI=1S/C14H23BrN2S/c1-2-6-16-9-12-4-3-7-17(10-12)11-14-13(15)5-8-18-14/h5,8,12,16H,2-4,6-7,9-11H2,1H3. The molecule has 0 amide bonds. The minimum absolute atomic E-state index is 0.837. The van der Waals surface area contributed by atoms with E-state index in [9.17, 15) is 0 Å². The van der Waals surface area contributed by atoms with Crippen molar-refractivity contribution in [2.45, 2.75) is 32.7 Å². The van der Waals surface area contributed by atoms with E-state index in [4.69, 9.17) is 0 Å². The van der Waals surface area contributed by atoms with Gasteiger partial charge in [-0.15, -0.1) is 11.3 Å². The van der Waals surface area contributed by atoms with E-state index in [2.05, 4.69) is 44.5 Å². The molecule has 1 unspecified atom stereocenters. The summed E-state index contributed by atoms with van der Waals surface area (Å²) >= 11 is 5.49. The fraction of sp³-hybridized carbons (Fsp3) is 0.714. The van der Waals surface area contributed by atoms with Crippen molar-refractivity contribution in [2.24, 2.45) is 5.92 Å². The van der Waals surface area contributed by atoms with Crippen molar-refractivity contribution < 1.29 is 0 Å². The van der Waals surface area contributed by atoms with Gasteiger partial charge in [0.25, 0.3) is 0 Å². The van der Waals surface area contributed by atoms with Gasteiger partial charge in [-0.25, -0.2) is 0 Å². The number of halogens is 1. The van der Waals surface area contributed by atoms with Gasteiger partial charge in [0, 0.05) is 22.4 Å². The van der Waals surface area contributed by atoms with Crippen LogP contribution in [0.2, 0.25) is 0 Å². The largest absolute Gasteiger partial charge is 0.316 e. The normalized spacial score (nSPS) is 21.3. The lowest BCUT2D eigenvalue weighted by Gasteiger charge is -2.32. The smallest absolute Gasteiger partial charge is 0.0339 e. The number of nitrogens with one attached hydrogen (secondary N) is 1. The second-order valence-electron chi connectivity index (χ2n) is 5.14. The zero-order chi connectivity index (χ0) is 12.8. The molecule has 1 aliphatic heterocycles. The van der Waals surface area contributed by atoms with Gasteiger partial charge in [0.2, 0.25) is 0 Å². The van der Waals surface area contributed by atoms with Gasteiger partial charge in [0.05, 0.1) is 0 Å². The fourth-order valence-corrected chi connectivity index (χ4v) is 4.10. The molecule has 1 fully saturated rings. The molecular weight excluding hydrogens is 308 g/mol. The second kappa shape index (κ2) is 7.63. The molecule has 102 valence electrons. The number of hydrogen-bond donors (Lipinski definition) is 1. The monoisotopic (exact) mass is 330 g/mol. The van der Waals surface area contributed by atoms with Gasteiger partial charge in [-0.3, -0.25) is 4.90 Å². The molecule has 1 N–H and O–H groups in total. The van der Waals surface area contributed by atoms with Gasteiger partial charge >= 0.3 is 0 Å². The van der Waals surface area contributed by atoms with Gasteiger partial charge in [-0.2, -0.15) is 0 Å². The van der Waals surface area contributed by atoms with Crippen LogP contribution in [0.1, 0.15) is 31.1 Å². The lowest BCUT2D eigenvalue weighted by molar-refractivity contribution is 0.166. The summed E-state index contributed by atoms with van der Waals surface area (Å²) < 4.78 is 1.28. The van der Waals surface area contributed by atoms with Crippen LogP contribution in [0.15, 0.2) is 15.9 Å². The first-order chi connectivity index (χ1) is 8.79. The minimum atomic E-state index is 0.837. The molecular formula is C14H23BrN2S. The Kier molecular flexibility index (Phi) is 6.15. The molecule has 0 bridgehead atoms. The van der Waals surface area contributed by atoms with Gasteiger partial charge < -0.3 is 5.32 Å². The summed E-state index contributed by atoms with van der Waals surface area (Å²) in [5.41, 5.74) is 0. The highest BCUT2D eigenvalue weighted by Gasteiger charge is 2.20.